The van der Waals surface area contributed by atoms with Gasteiger partial charge in [-0.2, -0.15) is 0 Å². The van der Waals surface area contributed by atoms with Crippen LogP contribution < -0.4 is 15.4 Å². The number of carbonyl (C=O) groups is 4. The van der Waals surface area contributed by atoms with Crippen molar-refractivity contribution in [2.75, 3.05) is 30.5 Å². The average Bonchev–Trinajstić information content (AvgIpc) is 3.19. The third kappa shape index (κ3) is 6.90. The standard InChI is InChI=1S/C27H27ClN2O7S/c1-5-35-26(33)18-9-7-8-10-19(18)29-24(32)23-16(4)22(27(34)36-6-2)25(38-23)30-21(31)14-37-20-12-11-17(28)13-15(20)3/h7-13H,5-6,14H2,1-4H3,(H,29,32)(H,30,31). The van der Waals surface area contributed by atoms with Crippen LogP contribution in [0.15, 0.2) is 42.5 Å². The van der Waals surface area contributed by atoms with Crippen molar-refractivity contribution in [3.05, 3.63) is 74.6 Å². The zero-order chi connectivity index (χ0) is 27.8. The van der Waals surface area contributed by atoms with E-state index in [-0.39, 0.29) is 46.5 Å². The molecule has 0 unspecified atom stereocenters. The predicted molar refractivity (Wildman–Crippen MR) is 146 cm³/mol. The fraction of sp³-hybridized carbons (Fsp3) is 0.259. The second-order valence-corrected chi connectivity index (χ2v) is 9.40. The number of hydrogen-bond donors (Lipinski definition) is 2. The summed E-state index contributed by atoms with van der Waals surface area (Å²) in [4.78, 5) is 51.1. The minimum atomic E-state index is -0.683. The van der Waals surface area contributed by atoms with Crippen LogP contribution in [0, 0.1) is 13.8 Å². The summed E-state index contributed by atoms with van der Waals surface area (Å²) in [6.07, 6.45) is 0. The Balaban J connectivity index is 1.85. The van der Waals surface area contributed by atoms with Gasteiger partial charge in [0.15, 0.2) is 6.61 Å². The normalized spacial score (nSPS) is 10.4. The zero-order valence-corrected chi connectivity index (χ0v) is 22.9. The molecule has 0 aliphatic rings. The molecule has 3 rings (SSSR count). The second kappa shape index (κ2) is 13.1. The molecule has 0 radical (unpaired) electrons. The van der Waals surface area contributed by atoms with Crippen LogP contribution in [0.2, 0.25) is 5.02 Å². The van der Waals surface area contributed by atoms with E-state index in [1.165, 1.54) is 6.07 Å². The monoisotopic (exact) mass is 558 g/mol. The molecule has 3 aromatic rings. The van der Waals surface area contributed by atoms with Gasteiger partial charge < -0.3 is 24.8 Å². The van der Waals surface area contributed by atoms with E-state index in [1.807, 2.05) is 0 Å². The fourth-order valence-electron chi connectivity index (χ4n) is 3.51. The summed E-state index contributed by atoms with van der Waals surface area (Å²) >= 11 is 6.87. The van der Waals surface area contributed by atoms with Crippen molar-refractivity contribution in [3.63, 3.8) is 0 Å². The number of halogens is 1. The molecule has 0 aliphatic heterocycles. The molecule has 9 nitrogen and oxygen atoms in total. The van der Waals surface area contributed by atoms with Crippen LogP contribution in [0.3, 0.4) is 0 Å². The molecule has 2 amide bonds. The Morgan fingerprint density at radius 3 is 2.29 bits per heavy atom. The highest BCUT2D eigenvalue weighted by molar-refractivity contribution is 7.19. The van der Waals surface area contributed by atoms with Gasteiger partial charge in [-0.3, -0.25) is 9.59 Å². The number of amides is 2. The maximum absolute atomic E-state index is 13.2. The molecular weight excluding hydrogens is 532 g/mol. The van der Waals surface area contributed by atoms with Crippen LogP contribution in [0.4, 0.5) is 10.7 Å². The summed E-state index contributed by atoms with van der Waals surface area (Å²) in [6.45, 7) is 6.66. The van der Waals surface area contributed by atoms with E-state index in [2.05, 4.69) is 10.6 Å². The molecule has 0 aliphatic carbocycles. The smallest absolute Gasteiger partial charge is 0.341 e. The number of para-hydroxylation sites is 1. The number of esters is 2. The molecule has 2 aromatic carbocycles. The summed E-state index contributed by atoms with van der Waals surface area (Å²) in [5, 5.41) is 6.04. The minimum Gasteiger partial charge on any atom is -0.483 e. The van der Waals surface area contributed by atoms with Crippen molar-refractivity contribution in [2.24, 2.45) is 0 Å². The average molecular weight is 559 g/mol. The van der Waals surface area contributed by atoms with Gasteiger partial charge in [-0.1, -0.05) is 23.7 Å². The lowest BCUT2D eigenvalue weighted by atomic mass is 10.1. The van der Waals surface area contributed by atoms with Crippen LogP contribution in [-0.4, -0.2) is 43.6 Å². The summed E-state index contributed by atoms with van der Waals surface area (Å²) < 4.78 is 15.8. The van der Waals surface area contributed by atoms with E-state index in [0.717, 1.165) is 16.9 Å². The lowest BCUT2D eigenvalue weighted by molar-refractivity contribution is -0.118. The molecule has 2 N–H and O–H groups in total. The number of carbonyl (C=O) groups excluding carboxylic acids is 4. The summed E-state index contributed by atoms with van der Waals surface area (Å²) in [5.74, 6) is -1.88. The Morgan fingerprint density at radius 2 is 1.61 bits per heavy atom. The molecule has 0 atom stereocenters. The van der Waals surface area contributed by atoms with E-state index in [9.17, 15) is 19.2 Å². The Bertz CT molecular complexity index is 1370. The molecule has 11 heteroatoms. The summed E-state index contributed by atoms with van der Waals surface area (Å²) in [7, 11) is 0. The van der Waals surface area contributed by atoms with Crippen LogP contribution >= 0.6 is 22.9 Å². The highest BCUT2D eigenvalue weighted by Crippen LogP contribution is 2.35. The topological polar surface area (TPSA) is 120 Å². The van der Waals surface area contributed by atoms with Crippen molar-refractivity contribution in [3.8, 4) is 5.75 Å². The first kappa shape index (κ1) is 28.7. The van der Waals surface area contributed by atoms with Gasteiger partial charge in [0.2, 0.25) is 0 Å². The van der Waals surface area contributed by atoms with Gasteiger partial charge in [-0.15, -0.1) is 11.3 Å². The SMILES string of the molecule is CCOC(=O)c1ccccc1NC(=O)c1sc(NC(=O)COc2ccc(Cl)cc2C)c(C(=O)OCC)c1C. The van der Waals surface area contributed by atoms with Crippen molar-refractivity contribution in [1.29, 1.82) is 0 Å². The third-order valence-electron chi connectivity index (χ3n) is 5.25. The molecule has 0 bridgehead atoms. The zero-order valence-electron chi connectivity index (χ0n) is 21.3. The minimum absolute atomic E-state index is 0.0664. The first-order valence-electron chi connectivity index (χ1n) is 11.7. The van der Waals surface area contributed by atoms with Gasteiger partial charge >= 0.3 is 11.9 Å². The molecule has 200 valence electrons. The quantitative estimate of drug-likeness (QED) is 0.309. The highest BCUT2D eigenvalue weighted by atomic mass is 35.5. The van der Waals surface area contributed by atoms with E-state index >= 15 is 0 Å². The maximum Gasteiger partial charge on any atom is 0.341 e. The number of ether oxygens (including phenoxy) is 3. The van der Waals surface area contributed by atoms with Crippen LogP contribution in [0.1, 0.15) is 55.4 Å². The number of thiophene rings is 1. The number of rotatable bonds is 10. The van der Waals surface area contributed by atoms with E-state index in [0.29, 0.717) is 16.3 Å². The highest BCUT2D eigenvalue weighted by Gasteiger charge is 2.27. The number of hydrogen-bond acceptors (Lipinski definition) is 8. The number of nitrogens with one attached hydrogen (secondary N) is 2. The van der Waals surface area contributed by atoms with Crippen molar-refractivity contribution in [1.82, 2.24) is 0 Å². The molecule has 1 aromatic heterocycles. The van der Waals surface area contributed by atoms with Crippen molar-refractivity contribution in [2.45, 2.75) is 27.7 Å². The molecule has 1 heterocycles. The van der Waals surface area contributed by atoms with Gasteiger partial charge in [0.25, 0.3) is 11.8 Å². The number of anilines is 2. The molecule has 0 spiro atoms. The number of benzene rings is 2. The Kier molecular flexibility index (Phi) is 9.86. The predicted octanol–water partition coefficient (Wildman–Crippen LogP) is 5.64. The van der Waals surface area contributed by atoms with Crippen LogP contribution in [-0.2, 0) is 14.3 Å². The Hall–Kier alpha value is -3.89. The van der Waals surface area contributed by atoms with E-state index < -0.39 is 23.8 Å². The van der Waals surface area contributed by atoms with E-state index in [1.54, 1.807) is 64.1 Å². The van der Waals surface area contributed by atoms with E-state index in [4.69, 9.17) is 25.8 Å². The van der Waals surface area contributed by atoms with Crippen LogP contribution in [0.5, 0.6) is 5.75 Å². The molecule has 0 fully saturated rings. The van der Waals surface area contributed by atoms with Crippen LogP contribution in [0.25, 0.3) is 0 Å². The maximum atomic E-state index is 13.2. The van der Waals surface area contributed by atoms with Gasteiger partial charge in [0.1, 0.15) is 10.8 Å². The first-order valence-corrected chi connectivity index (χ1v) is 12.9. The van der Waals surface area contributed by atoms with Gasteiger partial charge in [0, 0.05) is 5.02 Å². The molecular formula is C27H27ClN2O7S. The number of aryl methyl sites for hydroxylation is 1. The van der Waals surface area contributed by atoms with Gasteiger partial charge in [-0.05, 0) is 69.2 Å². The third-order valence-corrected chi connectivity index (χ3v) is 6.69. The van der Waals surface area contributed by atoms with Crippen molar-refractivity contribution >= 4 is 57.4 Å². The van der Waals surface area contributed by atoms with Gasteiger partial charge in [-0.25, -0.2) is 9.59 Å². The largest absolute Gasteiger partial charge is 0.483 e. The van der Waals surface area contributed by atoms with Gasteiger partial charge in [0.05, 0.1) is 34.9 Å². The lowest BCUT2D eigenvalue weighted by Crippen LogP contribution is -2.21. The Labute approximate surface area is 229 Å². The molecule has 38 heavy (non-hydrogen) atoms. The summed E-state index contributed by atoms with van der Waals surface area (Å²) in [6, 6.07) is 11.4. The molecule has 0 saturated carbocycles. The lowest BCUT2D eigenvalue weighted by Gasteiger charge is -2.10. The second-order valence-electron chi connectivity index (χ2n) is 7.95. The summed E-state index contributed by atoms with van der Waals surface area (Å²) in [5.41, 5.74) is 1.58. The van der Waals surface area contributed by atoms with Crippen molar-refractivity contribution < 1.29 is 33.4 Å². The Morgan fingerprint density at radius 1 is 0.921 bits per heavy atom. The molecule has 0 saturated heterocycles. The first-order chi connectivity index (χ1) is 18.2. The fourth-order valence-corrected chi connectivity index (χ4v) is 4.84.